The molecule has 3 heterocycles. The van der Waals surface area contributed by atoms with E-state index < -0.39 is 0 Å². The van der Waals surface area contributed by atoms with Crippen LogP contribution in [0.3, 0.4) is 0 Å². The van der Waals surface area contributed by atoms with Crippen LogP contribution in [0.15, 0.2) is 35.3 Å². The van der Waals surface area contributed by atoms with Crippen LogP contribution in [0.25, 0.3) is 11.4 Å². The second kappa shape index (κ2) is 6.76. The minimum Gasteiger partial charge on any atom is -0.349 e. The third-order valence-electron chi connectivity index (χ3n) is 4.00. The fourth-order valence-corrected chi connectivity index (χ4v) is 2.72. The van der Waals surface area contributed by atoms with Gasteiger partial charge in [0.05, 0.1) is 5.69 Å². The van der Waals surface area contributed by atoms with Crippen molar-refractivity contribution in [3.63, 3.8) is 0 Å². The standard InChI is InChI=1S/C17H20N6O2/c1-11-9-12(2)23(17(25)19-11)8-6-18-16(24)14-10-13(20-21-14)15-5-4-7-22(15)3/h4-5,7,9-10H,6,8H2,1-3H3,(H,18,24)(H,20,21). The highest BCUT2D eigenvalue weighted by atomic mass is 16.2. The topological polar surface area (TPSA) is 97.6 Å². The van der Waals surface area contributed by atoms with Crippen LogP contribution in [-0.4, -0.2) is 36.8 Å². The summed E-state index contributed by atoms with van der Waals surface area (Å²) in [6, 6.07) is 7.39. The first-order chi connectivity index (χ1) is 12.0. The maximum Gasteiger partial charge on any atom is 0.348 e. The Kier molecular flexibility index (Phi) is 4.51. The maximum atomic E-state index is 12.2. The van der Waals surface area contributed by atoms with Crippen LogP contribution in [0.4, 0.5) is 0 Å². The van der Waals surface area contributed by atoms with Crippen molar-refractivity contribution < 1.29 is 4.79 Å². The highest BCUT2D eigenvalue weighted by Gasteiger charge is 2.12. The molecule has 0 spiro atoms. The molecule has 0 saturated carbocycles. The molecule has 0 unspecified atom stereocenters. The molecule has 0 aliphatic rings. The Hall–Kier alpha value is -3.16. The summed E-state index contributed by atoms with van der Waals surface area (Å²) in [5.74, 6) is -0.265. The zero-order valence-corrected chi connectivity index (χ0v) is 14.4. The van der Waals surface area contributed by atoms with Gasteiger partial charge in [-0.1, -0.05) is 0 Å². The molecule has 25 heavy (non-hydrogen) atoms. The lowest BCUT2D eigenvalue weighted by Gasteiger charge is -2.10. The summed E-state index contributed by atoms with van der Waals surface area (Å²) in [6.07, 6.45) is 1.92. The maximum absolute atomic E-state index is 12.2. The fraction of sp³-hybridized carbons (Fsp3) is 0.294. The van der Waals surface area contributed by atoms with Crippen LogP contribution in [0.1, 0.15) is 21.9 Å². The molecule has 1 amide bonds. The van der Waals surface area contributed by atoms with Crippen molar-refractivity contribution in [3.05, 3.63) is 58.0 Å². The summed E-state index contributed by atoms with van der Waals surface area (Å²) in [6.45, 7) is 4.31. The first-order valence-corrected chi connectivity index (χ1v) is 7.96. The van der Waals surface area contributed by atoms with E-state index in [4.69, 9.17) is 0 Å². The highest BCUT2D eigenvalue weighted by molar-refractivity contribution is 5.93. The molecule has 8 nitrogen and oxygen atoms in total. The van der Waals surface area contributed by atoms with Gasteiger partial charge in [0.15, 0.2) is 0 Å². The van der Waals surface area contributed by atoms with Crippen LogP contribution in [0.2, 0.25) is 0 Å². The zero-order chi connectivity index (χ0) is 18.0. The minimum atomic E-state index is -0.306. The van der Waals surface area contributed by atoms with Gasteiger partial charge in [-0.15, -0.1) is 0 Å². The summed E-state index contributed by atoms with van der Waals surface area (Å²) < 4.78 is 3.47. The van der Waals surface area contributed by atoms with E-state index in [-0.39, 0.29) is 11.6 Å². The molecule has 2 N–H and O–H groups in total. The molecule has 0 radical (unpaired) electrons. The number of aromatic amines is 1. The normalized spacial score (nSPS) is 10.8. The van der Waals surface area contributed by atoms with Crippen molar-refractivity contribution in [2.75, 3.05) is 6.54 Å². The zero-order valence-electron chi connectivity index (χ0n) is 14.4. The van der Waals surface area contributed by atoms with Crippen LogP contribution < -0.4 is 11.0 Å². The Morgan fingerprint density at radius 1 is 1.32 bits per heavy atom. The van der Waals surface area contributed by atoms with Gasteiger partial charge < -0.3 is 9.88 Å². The molecule has 0 atom stereocenters. The van der Waals surface area contributed by atoms with Crippen molar-refractivity contribution in [2.45, 2.75) is 20.4 Å². The fourth-order valence-electron chi connectivity index (χ4n) is 2.72. The summed E-state index contributed by atoms with van der Waals surface area (Å²) in [5, 5.41) is 9.70. The quantitative estimate of drug-likeness (QED) is 0.724. The van der Waals surface area contributed by atoms with E-state index in [2.05, 4.69) is 20.5 Å². The molecular formula is C17H20N6O2. The molecule has 3 rings (SSSR count). The number of carbonyl (C=O) groups is 1. The molecule has 0 fully saturated rings. The van der Waals surface area contributed by atoms with Crippen molar-refractivity contribution in [3.8, 4) is 11.4 Å². The third-order valence-corrected chi connectivity index (χ3v) is 4.00. The van der Waals surface area contributed by atoms with Crippen molar-refractivity contribution in [1.82, 2.24) is 29.6 Å². The van der Waals surface area contributed by atoms with Crippen molar-refractivity contribution >= 4 is 5.91 Å². The number of hydrogen-bond acceptors (Lipinski definition) is 4. The van der Waals surface area contributed by atoms with E-state index in [0.29, 0.717) is 30.2 Å². The van der Waals surface area contributed by atoms with Gasteiger partial charge in [0, 0.05) is 37.7 Å². The van der Waals surface area contributed by atoms with Gasteiger partial charge in [-0.25, -0.2) is 4.79 Å². The van der Waals surface area contributed by atoms with E-state index in [0.717, 1.165) is 11.4 Å². The van der Waals surface area contributed by atoms with E-state index >= 15 is 0 Å². The average Bonchev–Trinajstić information content (AvgIpc) is 3.18. The number of H-pyrrole nitrogens is 1. The van der Waals surface area contributed by atoms with Crippen LogP contribution >= 0.6 is 0 Å². The molecular weight excluding hydrogens is 320 g/mol. The number of aromatic nitrogens is 5. The first-order valence-electron chi connectivity index (χ1n) is 7.96. The number of carbonyl (C=O) groups excluding carboxylic acids is 1. The van der Waals surface area contributed by atoms with Gasteiger partial charge in [0.2, 0.25) is 0 Å². The second-order valence-electron chi connectivity index (χ2n) is 5.90. The average molecular weight is 340 g/mol. The van der Waals surface area contributed by atoms with Gasteiger partial charge in [0.1, 0.15) is 11.4 Å². The van der Waals surface area contributed by atoms with E-state index in [1.54, 1.807) is 13.0 Å². The van der Waals surface area contributed by atoms with Gasteiger partial charge >= 0.3 is 5.69 Å². The Bertz CT molecular complexity index is 966. The van der Waals surface area contributed by atoms with Gasteiger partial charge in [-0.2, -0.15) is 10.1 Å². The predicted octanol–water partition coefficient (Wildman–Crippen LogP) is 1.02. The third kappa shape index (κ3) is 3.52. The Morgan fingerprint density at radius 2 is 2.12 bits per heavy atom. The second-order valence-corrected chi connectivity index (χ2v) is 5.90. The monoisotopic (exact) mass is 340 g/mol. The largest absolute Gasteiger partial charge is 0.349 e. The molecule has 3 aromatic rings. The lowest BCUT2D eigenvalue weighted by Crippen LogP contribution is -2.33. The Morgan fingerprint density at radius 3 is 2.80 bits per heavy atom. The Balaban J connectivity index is 1.63. The van der Waals surface area contributed by atoms with Gasteiger partial charge in [-0.3, -0.25) is 14.5 Å². The van der Waals surface area contributed by atoms with E-state index in [1.165, 1.54) is 4.57 Å². The Labute approximate surface area is 144 Å². The lowest BCUT2D eigenvalue weighted by atomic mass is 10.3. The van der Waals surface area contributed by atoms with Gasteiger partial charge in [0.25, 0.3) is 5.91 Å². The van der Waals surface area contributed by atoms with Crippen LogP contribution in [-0.2, 0) is 13.6 Å². The summed E-state index contributed by atoms with van der Waals surface area (Å²) in [4.78, 5) is 28.0. The summed E-state index contributed by atoms with van der Waals surface area (Å²) in [5.41, 5.74) is 3.20. The van der Waals surface area contributed by atoms with Crippen LogP contribution in [0.5, 0.6) is 0 Å². The number of hydrogen-bond donors (Lipinski definition) is 2. The molecule has 0 aromatic carbocycles. The number of amides is 1. The summed E-state index contributed by atoms with van der Waals surface area (Å²) >= 11 is 0. The predicted molar refractivity (Wildman–Crippen MR) is 93.3 cm³/mol. The lowest BCUT2D eigenvalue weighted by molar-refractivity contribution is 0.0947. The van der Waals surface area contributed by atoms with E-state index in [1.807, 2.05) is 42.9 Å². The molecule has 0 aliphatic carbocycles. The van der Waals surface area contributed by atoms with E-state index in [9.17, 15) is 9.59 Å². The first kappa shape index (κ1) is 16.7. The number of nitrogens with one attached hydrogen (secondary N) is 2. The molecule has 8 heteroatoms. The smallest absolute Gasteiger partial charge is 0.348 e. The van der Waals surface area contributed by atoms with Crippen LogP contribution in [0, 0.1) is 13.8 Å². The molecule has 130 valence electrons. The summed E-state index contributed by atoms with van der Waals surface area (Å²) in [7, 11) is 1.92. The van der Waals surface area contributed by atoms with Gasteiger partial charge in [-0.05, 0) is 38.1 Å². The SMILES string of the molecule is Cc1cc(C)n(CCNC(=O)c2cc(-c3cccn3C)n[nH]2)c(=O)n1. The number of rotatable bonds is 5. The number of nitrogens with zero attached hydrogens (tertiary/aromatic N) is 4. The molecule has 0 bridgehead atoms. The molecule has 0 aliphatic heterocycles. The van der Waals surface area contributed by atoms with Crippen molar-refractivity contribution in [1.29, 1.82) is 0 Å². The molecule has 0 saturated heterocycles. The molecule has 3 aromatic heterocycles. The van der Waals surface area contributed by atoms with Crippen molar-refractivity contribution in [2.24, 2.45) is 7.05 Å². The minimum absolute atomic E-state index is 0.265. The number of aryl methyl sites for hydroxylation is 3. The highest BCUT2D eigenvalue weighted by Crippen LogP contribution is 2.17.